The number of carbonyl (C=O) groups excluding carboxylic acids is 2. The molecule has 0 radical (unpaired) electrons. The minimum Gasteiger partial charge on any atom is -0.299 e. The number of anilines is 1. The van der Waals surface area contributed by atoms with Crippen LogP contribution in [0.4, 0.5) is 5.13 Å². The normalized spacial score (nSPS) is 10.7. The van der Waals surface area contributed by atoms with Crippen LogP contribution in [0.2, 0.25) is 5.02 Å². The van der Waals surface area contributed by atoms with Gasteiger partial charge in [0.2, 0.25) is 16.9 Å². The Morgan fingerprint density at radius 3 is 2.78 bits per heavy atom. The molecule has 0 fully saturated rings. The standard InChI is InChI=1S/C13H11Cl2N5O2S/c14-6-11(22)17-13-20-19-12(23-13)5-10(21)18-16-7-8-3-1-2-4-9(8)15/h1-4,7H,5-6H2,(H,18,21)(H,17,20,22). The van der Waals surface area contributed by atoms with Crippen LogP contribution in [0.25, 0.3) is 0 Å². The Morgan fingerprint density at radius 2 is 2.04 bits per heavy atom. The Kier molecular flexibility index (Phi) is 6.45. The zero-order chi connectivity index (χ0) is 16.7. The van der Waals surface area contributed by atoms with E-state index in [-0.39, 0.29) is 29.2 Å². The number of nitrogens with zero attached hydrogens (tertiary/aromatic N) is 3. The lowest BCUT2D eigenvalue weighted by Gasteiger charge is -1.98. The number of hydrogen-bond acceptors (Lipinski definition) is 6. The van der Waals surface area contributed by atoms with Crippen molar-refractivity contribution in [3.8, 4) is 0 Å². The minimum absolute atomic E-state index is 0.00568. The van der Waals surface area contributed by atoms with Gasteiger partial charge in [-0.2, -0.15) is 5.10 Å². The lowest BCUT2D eigenvalue weighted by atomic mass is 10.2. The molecule has 0 spiro atoms. The van der Waals surface area contributed by atoms with E-state index >= 15 is 0 Å². The van der Waals surface area contributed by atoms with Crippen molar-refractivity contribution in [3.63, 3.8) is 0 Å². The maximum Gasteiger partial charge on any atom is 0.247 e. The molecule has 2 amide bonds. The molecule has 120 valence electrons. The molecule has 0 bridgehead atoms. The highest BCUT2D eigenvalue weighted by molar-refractivity contribution is 7.15. The second-order valence-electron chi connectivity index (χ2n) is 4.17. The van der Waals surface area contributed by atoms with E-state index in [2.05, 4.69) is 26.0 Å². The number of aromatic nitrogens is 2. The number of alkyl halides is 1. The zero-order valence-electron chi connectivity index (χ0n) is 11.6. The van der Waals surface area contributed by atoms with Crippen molar-refractivity contribution < 1.29 is 9.59 Å². The highest BCUT2D eigenvalue weighted by atomic mass is 35.5. The molecule has 23 heavy (non-hydrogen) atoms. The van der Waals surface area contributed by atoms with Gasteiger partial charge in [0.1, 0.15) is 10.9 Å². The summed E-state index contributed by atoms with van der Waals surface area (Å²) in [5, 5.41) is 15.1. The van der Waals surface area contributed by atoms with Crippen LogP contribution in [-0.4, -0.2) is 34.1 Å². The van der Waals surface area contributed by atoms with Gasteiger partial charge in [-0.15, -0.1) is 21.8 Å². The van der Waals surface area contributed by atoms with Crippen molar-refractivity contribution in [2.75, 3.05) is 11.2 Å². The molecular weight excluding hydrogens is 361 g/mol. The summed E-state index contributed by atoms with van der Waals surface area (Å²) in [6.45, 7) is 0. The van der Waals surface area contributed by atoms with E-state index in [1.165, 1.54) is 6.21 Å². The Hall–Kier alpha value is -2.03. The van der Waals surface area contributed by atoms with E-state index in [1.54, 1.807) is 18.2 Å². The number of hydrazone groups is 1. The third-order valence-electron chi connectivity index (χ3n) is 2.44. The lowest BCUT2D eigenvalue weighted by molar-refractivity contribution is -0.120. The predicted octanol–water partition coefficient (Wildman–Crippen LogP) is 2.06. The Labute approximate surface area is 145 Å². The average molecular weight is 372 g/mol. The van der Waals surface area contributed by atoms with Crippen LogP contribution in [0.5, 0.6) is 0 Å². The van der Waals surface area contributed by atoms with E-state index in [0.29, 0.717) is 15.6 Å². The van der Waals surface area contributed by atoms with Gasteiger partial charge in [0.15, 0.2) is 0 Å². The molecule has 0 atom stereocenters. The zero-order valence-corrected chi connectivity index (χ0v) is 14.0. The third-order valence-corrected chi connectivity index (χ3v) is 3.87. The molecule has 0 saturated heterocycles. The molecule has 0 unspecified atom stereocenters. The molecule has 7 nitrogen and oxygen atoms in total. The second-order valence-corrected chi connectivity index (χ2v) is 5.91. The first-order valence-corrected chi connectivity index (χ1v) is 8.06. The number of amides is 2. The molecule has 0 saturated carbocycles. The van der Waals surface area contributed by atoms with Crippen LogP contribution in [0.1, 0.15) is 10.6 Å². The van der Waals surface area contributed by atoms with E-state index < -0.39 is 0 Å². The van der Waals surface area contributed by atoms with Gasteiger partial charge in [-0.1, -0.05) is 41.1 Å². The predicted molar refractivity (Wildman–Crippen MR) is 90.2 cm³/mol. The monoisotopic (exact) mass is 371 g/mol. The van der Waals surface area contributed by atoms with Gasteiger partial charge in [-0.25, -0.2) is 5.43 Å². The topological polar surface area (TPSA) is 96.3 Å². The Balaban J connectivity index is 1.85. The van der Waals surface area contributed by atoms with Gasteiger partial charge < -0.3 is 0 Å². The van der Waals surface area contributed by atoms with E-state index in [4.69, 9.17) is 23.2 Å². The fraction of sp³-hybridized carbons (Fsp3) is 0.154. The van der Waals surface area contributed by atoms with E-state index in [1.807, 2.05) is 6.07 Å². The summed E-state index contributed by atoms with van der Waals surface area (Å²) >= 11 is 12.4. The molecule has 0 aliphatic heterocycles. The van der Waals surface area contributed by atoms with Crippen molar-refractivity contribution in [3.05, 3.63) is 39.9 Å². The Bertz CT molecular complexity index is 735. The van der Waals surface area contributed by atoms with Gasteiger partial charge in [0, 0.05) is 10.6 Å². The van der Waals surface area contributed by atoms with Gasteiger partial charge >= 0.3 is 0 Å². The smallest absolute Gasteiger partial charge is 0.247 e. The highest BCUT2D eigenvalue weighted by Gasteiger charge is 2.10. The first-order valence-electron chi connectivity index (χ1n) is 6.33. The first kappa shape index (κ1) is 17.3. The van der Waals surface area contributed by atoms with Crippen LogP contribution in [0.15, 0.2) is 29.4 Å². The molecule has 10 heteroatoms. The van der Waals surface area contributed by atoms with Crippen molar-refractivity contribution in [2.45, 2.75) is 6.42 Å². The highest BCUT2D eigenvalue weighted by Crippen LogP contribution is 2.15. The summed E-state index contributed by atoms with van der Waals surface area (Å²) < 4.78 is 0. The summed E-state index contributed by atoms with van der Waals surface area (Å²) in [5.41, 5.74) is 3.06. The fourth-order valence-electron chi connectivity index (χ4n) is 1.46. The SMILES string of the molecule is O=C(Cc1nnc(NC(=O)CCl)s1)NN=Cc1ccccc1Cl. The number of carbonyl (C=O) groups is 2. The van der Waals surface area contributed by atoms with Crippen LogP contribution >= 0.6 is 34.5 Å². The number of hydrogen-bond donors (Lipinski definition) is 2. The second kappa shape index (κ2) is 8.56. The molecule has 0 aliphatic rings. The maximum absolute atomic E-state index is 11.7. The molecular formula is C13H11Cl2N5O2S. The van der Waals surface area contributed by atoms with Crippen molar-refractivity contribution in [1.29, 1.82) is 0 Å². The third kappa shape index (κ3) is 5.59. The van der Waals surface area contributed by atoms with Crippen LogP contribution in [-0.2, 0) is 16.0 Å². The van der Waals surface area contributed by atoms with E-state index in [9.17, 15) is 9.59 Å². The largest absolute Gasteiger partial charge is 0.299 e. The molecule has 1 heterocycles. The Morgan fingerprint density at radius 1 is 1.26 bits per heavy atom. The molecule has 2 N–H and O–H groups in total. The molecule has 1 aromatic carbocycles. The van der Waals surface area contributed by atoms with Gasteiger partial charge in [-0.3, -0.25) is 14.9 Å². The molecule has 2 aromatic rings. The average Bonchev–Trinajstić information content (AvgIpc) is 2.96. The van der Waals surface area contributed by atoms with Crippen molar-refractivity contribution in [1.82, 2.24) is 15.6 Å². The van der Waals surface area contributed by atoms with Crippen LogP contribution in [0.3, 0.4) is 0 Å². The molecule has 2 rings (SSSR count). The summed E-state index contributed by atoms with van der Waals surface area (Å²) in [6.07, 6.45) is 1.45. The van der Waals surface area contributed by atoms with Crippen molar-refractivity contribution in [2.24, 2.45) is 5.10 Å². The number of halogens is 2. The quantitative estimate of drug-likeness (QED) is 0.461. The van der Waals surface area contributed by atoms with Gasteiger partial charge in [0.25, 0.3) is 0 Å². The summed E-state index contributed by atoms with van der Waals surface area (Å²) in [5.74, 6) is -0.922. The summed E-state index contributed by atoms with van der Waals surface area (Å²) in [4.78, 5) is 22.9. The molecule has 0 aliphatic carbocycles. The van der Waals surface area contributed by atoms with Crippen molar-refractivity contribution >= 4 is 57.7 Å². The van der Waals surface area contributed by atoms with E-state index in [0.717, 1.165) is 11.3 Å². The summed E-state index contributed by atoms with van der Waals surface area (Å²) in [7, 11) is 0. The van der Waals surface area contributed by atoms with Crippen LogP contribution in [0, 0.1) is 0 Å². The number of nitrogens with one attached hydrogen (secondary N) is 2. The molecule has 1 aromatic heterocycles. The minimum atomic E-state index is -0.386. The first-order chi connectivity index (χ1) is 11.1. The van der Waals surface area contributed by atoms with Crippen LogP contribution < -0.4 is 10.7 Å². The fourth-order valence-corrected chi connectivity index (χ4v) is 2.46. The summed E-state index contributed by atoms with van der Waals surface area (Å²) in [6, 6.07) is 7.11. The number of rotatable bonds is 6. The van der Waals surface area contributed by atoms with Gasteiger partial charge in [0.05, 0.1) is 12.6 Å². The lowest BCUT2D eigenvalue weighted by Crippen LogP contribution is -2.19. The van der Waals surface area contributed by atoms with Gasteiger partial charge in [-0.05, 0) is 6.07 Å². The maximum atomic E-state index is 11.7. The number of benzene rings is 1.